The van der Waals surface area contributed by atoms with Crippen molar-refractivity contribution < 1.29 is 0 Å². The molecule has 0 aromatic heterocycles. The molecule has 1 N–H and O–H groups in total. The molecule has 16 heavy (non-hydrogen) atoms. The van der Waals surface area contributed by atoms with Crippen LogP contribution in [0.25, 0.3) is 0 Å². The Morgan fingerprint density at radius 2 is 2.00 bits per heavy atom. The van der Waals surface area contributed by atoms with Crippen LogP contribution in [0.2, 0.25) is 0 Å². The SMILES string of the molecule is C=CC(NCC)C1(N(C)C)CCC(C)CC1. The van der Waals surface area contributed by atoms with Crippen LogP contribution < -0.4 is 5.32 Å². The number of nitrogens with one attached hydrogen (secondary N) is 1. The molecule has 0 saturated heterocycles. The second kappa shape index (κ2) is 5.83. The van der Waals surface area contributed by atoms with Gasteiger partial charge in [-0.3, -0.25) is 0 Å². The van der Waals surface area contributed by atoms with E-state index in [9.17, 15) is 0 Å². The molecule has 94 valence electrons. The van der Waals surface area contributed by atoms with E-state index in [4.69, 9.17) is 0 Å². The summed E-state index contributed by atoms with van der Waals surface area (Å²) in [6, 6.07) is 0.417. The lowest BCUT2D eigenvalue weighted by Gasteiger charge is -2.49. The average molecular weight is 224 g/mol. The Hall–Kier alpha value is -0.340. The minimum atomic E-state index is 0.282. The van der Waals surface area contributed by atoms with Gasteiger partial charge >= 0.3 is 0 Å². The maximum absolute atomic E-state index is 4.01. The van der Waals surface area contributed by atoms with Crippen molar-refractivity contribution in [3.05, 3.63) is 12.7 Å². The first-order valence-corrected chi connectivity index (χ1v) is 6.60. The van der Waals surface area contributed by atoms with Gasteiger partial charge in [-0.05, 0) is 52.2 Å². The van der Waals surface area contributed by atoms with E-state index in [1.165, 1.54) is 25.7 Å². The van der Waals surface area contributed by atoms with E-state index in [1.807, 2.05) is 0 Å². The van der Waals surface area contributed by atoms with Crippen molar-refractivity contribution in [1.82, 2.24) is 10.2 Å². The quantitative estimate of drug-likeness (QED) is 0.722. The fourth-order valence-electron chi connectivity index (χ4n) is 3.01. The van der Waals surface area contributed by atoms with E-state index in [2.05, 4.69) is 50.8 Å². The summed E-state index contributed by atoms with van der Waals surface area (Å²) >= 11 is 0. The van der Waals surface area contributed by atoms with Gasteiger partial charge in [0.15, 0.2) is 0 Å². The van der Waals surface area contributed by atoms with Gasteiger partial charge in [0.05, 0.1) is 0 Å². The predicted octanol–water partition coefficient (Wildman–Crippen LogP) is 2.66. The van der Waals surface area contributed by atoms with Crippen LogP contribution in [0.15, 0.2) is 12.7 Å². The fourth-order valence-corrected chi connectivity index (χ4v) is 3.01. The van der Waals surface area contributed by atoms with Crippen molar-refractivity contribution in [3.8, 4) is 0 Å². The Labute approximate surface area is 101 Å². The molecule has 0 aliphatic heterocycles. The zero-order valence-electron chi connectivity index (χ0n) is 11.4. The second-order valence-electron chi connectivity index (χ2n) is 5.45. The summed E-state index contributed by atoms with van der Waals surface area (Å²) in [5.41, 5.74) is 0.282. The van der Waals surface area contributed by atoms with Crippen LogP contribution in [0.3, 0.4) is 0 Å². The molecule has 0 radical (unpaired) electrons. The lowest BCUT2D eigenvalue weighted by molar-refractivity contribution is 0.0595. The van der Waals surface area contributed by atoms with Crippen LogP contribution in [0, 0.1) is 5.92 Å². The summed E-state index contributed by atoms with van der Waals surface area (Å²) in [6.07, 6.45) is 7.34. The van der Waals surface area contributed by atoms with E-state index in [0.717, 1.165) is 12.5 Å². The first kappa shape index (κ1) is 13.7. The van der Waals surface area contributed by atoms with E-state index in [1.54, 1.807) is 0 Å². The molecular weight excluding hydrogens is 196 g/mol. The number of nitrogens with zero attached hydrogens (tertiary/aromatic N) is 1. The van der Waals surface area contributed by atoms with Gasteiger partial charge in [-0.15, -0.1) is 6.58 Å². The topological polar surface area (TPSA) is 15.3 Å². The molecule has 1 aliphatic rings. The molecule has 1 aliphatic carbocycles. The van der Waals surface area contributed by atoms with Crippen LogP contribution in [-0.2, 0) is 0 Å². The highest BCUT2D eigenvalue weighted by Crippen LogP contribution is 2.38. The number of likely N-dealkylation sites (N-methyl/N-ethyl adjacent to an activating group) is 2. The molecule has 2 heteroatoms. The highest BCUT2D eigenvalue weighted by molar-refractivity contribution is 5.08. The standard InChI is InChI=1S/C14H28N2/c1-6-13(15-7-2)14(16(4)5)10-8-12(3)9-11-14/h6,12-13,15H,1,7-11H2,2-5H3. The average Bonchev–Trinajstić information content (AvgIpc) is 2.27. The Kier molecular flexibility index (Phi) is 5.00. The lowest BCUT2D eigenvalue weighted by Crippen LogP contribution is -2.59. The summed E-state index contributed by atoms with van der Waals surface area (Å²) in [5.74, 6) is 0.889. The second-order valence-corrected chi connectivity index (χ2v) is 5.45. The minimum Gasteiger partial charge on any atom is -0.309 e. The molecule has 1 rings (SSSR count). The molecule has 1 atom stereocenters. The van der Waals surface area contributed by atoms with Crippen molar-refractivity contribution in [2.45, 2.75) is 51.1 Å². The van der Waals surface area contributed by atoms with Crippen molar-refractivity contribution >= 4 is 0 Å². The van der Waals surface area contributed by atoms with Crippen LogP contribution >= 0.6 is 0 Å². The van der Waals surface area contributed by atoms with E-state index in [-0.39, 0.29) is 5.54 Å². The van der Waals surface area contributed by atoms with Gasteiger partial charge in [0.25, 0.3) is 0 Å². The Balaban J connectivity index is 2.82. The molecule has 0 bridgehead atoms. The lowest BCUT2D eigenvalue weighted by atomic mass is 9.72. The maximum atomic E-state index is 4.01. The van der Waals surface area contributed by atoms with Crippen LogP contribution in [0.5, 0.6) is 0 Å². The summed E-state index contributed by atoms with van der Waals surface area (Å²) in [7, 11) is 4.42. The molecule has 1 fully saturated rings. The highest BCUT2D eigenvalue weighted by atomic mass is 15.2. The molecule has 1 unspecified atom stereocenters. The minimum absolute atomic E-state index is 0.282. The monoisotopic (exact) mass is 224 g/mol. The van der Waals surface area contributed by atoms with Gasteiger partial charge < -0.3 is 10.2 Å². The fraction of sp³-hybridized carbons (Fsp3) is 0.857. The van der Waals surface area contributed by atoms with Gasteiger partial charge in [-0.2, -0.15) is 0 Å². The largest absolute Gasteiger partial charge is 0.309 e. The third-order valence-electron chi connectivity index (χ3n) is 4.27. The van der Waals surface area contributed by atoms with E-state index < -0.39 is 0 Å². The summed E-state index contributed by atoms with van der Waals surface area (Å²) in [5, 5.41) is 3.58. The molecular formula is C14H28N2. The molecule has 1 saturated carbocycles. The van der Waals surface area contributed by atoms with Gasteiger partial charge in [-0.25, -0.2) is 0 Å². The van der Waals surface area contributed by atoms with Crippen molar-refractivity contribution in [2.24, 2.45) is 5.92 Å². The zero-order valence-corrected chi connectivity index (χ0v) is 11.4. The number of rotatable bonds is 5. The smallest absolute Gasteiger partial charge is 0.0433 e. The molecule has 0 aromatic carbocycles. The van der Waals surface area contributed by atoms with Crippen LogP contribution in [0.1, 0.15) is 39.5 Å². The van der Waals surface area contributed by atoms with Gasteiger partial charge in [0.2, 0.25) is 0 Å². The molecule has 0 spiro atoms. The summed E-state index contributed by atoms with van der Waals surface area (Å²) in [4.78, 5) is 2.41. The number of hydrogen-bond donors (Lipinski definition) is 1. The zero-order chi connectivity index (χ0) is 12.2. The predicted molar refractivity (Wildman–Crippen MR) is 71.7 cm³/mol. The van der Waals surface area contributed by atoms with E-state index >= 15 is 0 Å². The van der Waals surface area contributed by atoms with Crippen molar-refractivity contribution in [2.75, 3.05) is 20.6 Å². The van der Waals surface area contributed by atoms with E-state index in [0.29, 0.717) is 6.04 Å². The van der Waals surface area contributed by atoms with Crippen LogP contribution in [-0.4, -0.2) is 37.1 Å². The number of hydrogen-bond acceptors (Lipinski definition) is 2. The molecule has 0 aromatic rings. The Morgan fingerprint density at radius 3 is 2.38 bits per heavy atom. The van der Waals surface area contributed by atoms with Crippen molar-refractivity contribution in [1.29, 1.82) is 0 Å². The normalized spacial score (nSPS) is 32.7. The van der Waals surface area contributed by atoms with Gasteiger partial charge in [-0.1, -0.05) is 19.9 Å². The molecule has 0 amide bonds. The Bertz CT molecular complexity index is 215. The van der Waals surface area contributed by atoms with Crippen molar-refractivity contribution in [3.63, 3.8) is 0 Å². The van der Waals surface area contributed by atoms with Crippen LogP contribution in [0.4, 0.5) is 0 Å². The summed E-state index contributed by atoms with van der Waals surface area (Å²) < 4.78 is 0. The third-order valence-corrected chi connectivity index (χ3v) is 4.27. The first-order valence-electron chi connectivity index (χ1n) is 6.60. The van der Waals surface area contributed by atoms with Gasteiger partial charge in [0.1, 0.15) is 0 Å². The highest BCUT2D eigenvalue weighted by Gasteiger charge is 2.41. The molecule has 0 heterocycles. The maximum Gasteiger partial charge on any atom is 0.0433 e. The first-order chi connectivity index (χ1) is 7.56. The Morgan fingerprint density at radius 1 is 1.44 bits per heavy atom. The third kappa shape index (κ3) is 2.67. The summed E-state index contributed by atoms with van der Waals surface area (Å²) in [6.45, 7) is 9.57. The van der Waals surface area contributed by atoms with Gasteiger partial charge in [0, 0.05) is 11.6 Å². The molecule has 2 nitrogen and oxygen atoms in total.